The van der Waals surface area contributed by atoms with E-state index >= 15 is 0 Å². The minimum atomic E-state index is 0.661. The maximum absolute atomic E-state index is 8.18. The van der Waals surface area contributed by atoms with E-state index in [-0.39, 0.29) is 0 Å². The van der Waals surface area contributed by atoms with Crippen LogP contribution in [-0.2, 0) is 0 Å². The number of hydrogen-bond donors (Lipinski definition) is 1. The molecule has 0 atom stereocenters. The molecule has 1 rings (SSSR count). The zero-order chi connectivity index (χ0) is 18.5. The first-order valence-corrected chi connectivity index (χ1v) is 10.5. The second-order valence-electron chi connectivity index (χ2n) is 6.90. The summed E-state index contributed by atoms with van der Waals surface area (Å²) < 4.78 is 0. The third-order valence-corrected chi connectivity index (χ3v) is 4.60. The van der Waals surface area contributed by atoms with Crippen LogP contribution in [0.2, 0.25) is 0 Å². The van der Waals surface area contributed by atoms with Crippen LogP contribution < -0.4 is 5.32 Å². The van der Waals surface area contributed by atoms with Crippen molar-refractivity contribution in [2.45, 2.75) is 89.9 Å². The fourth-order valence-corrected chi connectivity index (χ4v) is 3.06. The molecular formula is C20H36N6. The molecule has 1 aromatic rings. The molecule has 0 saturated heterocycles. The van der Waals surface area contributed by atoms with Gasteiger partial charge < -0.3 is 5.32 Å². The van der Waals surface area contributed by atoms with Gasteiger partial charge in [-0.25, -0.2) is 9.97 Å². The molecule has 146 valence electrons. The van der Waals surface area contributed by atoms with Crippen LogP contribution >= 0.6 is 0 Å². The highest BCUT2D eigenvalue weighted by atomic mass is 15.1. The Hall–Kier alpha value is -1.81. The third kappa shape index (κ3) is 14.5. The van der Waals surface area contributed by atoms with Crippen LogP contribution in [0.1, 0.15) is 89.9 Å². The molecule has 0 fully saturated rings. The smallest absolute Gasteiger partial charge is 0.222 e. The molecule has 1 aromatic heterocycles. The summed E-state index contributed by atoms with van der Waals surface area (Å²) in [6.45, 7) is 1.63. The van der Waals surface area contributed by atoms with Crippen LogP contribution in [0.15, 0.2) is 23.6 Å². The summed E-state index contributed by atoms with van der Waals surface area (Å²) in [4.78, 5) is 11.1. The maximum Gasteiger partial charge on any atom is 0.222 e. The quantitative estimate of drug-likeness (QED) is 0.137. The first kappa shape index (κ1) is 22.2. The van der Waals surface area contributed by atoms with Gasteiger partial charge in [0.15, 0.2) is 0 Å². The molecule has 0 bridgehead atoms. The van der Waals surface area contributed by atoms with Crippen molar-refractivity contribution in [3.05, 3.63) is 28.9 Å². The lowest BCUT2D eigenvalue weighted by Gasteiger charge is -2.04. The standard InChI is InChI=1S/C20H36N6/c21-26-25-19-14-12-10-8-6-4-2-1-3-5-7-9-11-13-16-22-20-23-17-15-18-24-20/h15,17-18H,1-14,16,19H2,(H,22,23,24). The van der Waals surface area contributed by atoms with Gasteiger partial charge in [0.2, 0.25) is 5.95 Å². The van der Waals surface area contributed by atoms with Gasteiger partial charge in [-0.2, -0.15) is 0 Å². The van der Waals surface area contributed by atoms with Gasteiger partial charge >= 0.3 is 0 Å². The van der Waals surface area contributed by atoms with E-state index in [2.05, 4.69) is 25.3 Å². The summed E-state index contributed by atoms with van der Waals surface area (Å²) in [5, 5.41) is 6.82. The topological polar surface area (TPSA) is 86.6 Å². The van der Waals surface area contributed by atoms with Gasteiger partial charge in [-0.1, -0.05) is 82.2 Å². The van der Waals surface area contributed by atoms with Gasteiger partial charge in [-0.15, -0.1) is 0 Å². The number of anilines is 1. The predicted octanol–water partition coefficient (Wildman–Crippen LogP) is 6.66. The molecule has 26 heavy (non-hydrogen) atoms. The number of nitrogens with zero attached hydrogens (tertiary/aromatic N) is 5. The van der Waals surface area contributed by atoms with E-state index in [1.165, 1.54) is 83.5 Å². The second-order valence-corrected chi connectivity index (χ2v) is 6.90. The molecule has 0 amide bonds. The summed E-state index contributed by atoms with van der Waals surface area (Å²) in [6, 6.07) is 1.84. The van der Waals surface area contributed by atoms with Crippen LogP contribution in [0.3, 0.4) is 0 Å². The van der Waals surface area contributed by atoms with Crippen molar-refractivity contribution in [1.82, 2.24) is 9.97 Å². The van der Waals surface area contributed by atoms with Crippen molar-refractivity contribution in [1.29, 1.82) is 0 Å². The highest BCUT2D eigenvalue weighted by Gasteiger charge is 1.95. The van der Waals surface area contributed by atoms with Crippen molar-refractivity contribution in [3.8, 4) is 0 Å². The molecule has 6 nitrogen and oxygen atoms in total. The summed E-state index contributed by atoms with van der Waals surface area (Å²) in [5.74, 6) is 0.737. The lowest BCUT2D eigenvalue weighted by atomic mass is 10.0. The van der Waals surface area contributed by atoms with Crippen LogP contribution in [0.5, 0.6) is 0 Å². The van der Waals surface area contributed by atoms with Crippen LogP contribution in [-0.4, -0.2) is 23.1 Å². The molecule has 0 aliphatic rings. The Labute approximate surface area is 158 Å². The summed E-state index contributed by atoms with van der Waals surface area (Å²) in [5.41, 5.74) is 8.18. The van der Waals surface area contributed by atoms with E-state index < -0.39 is 0 Å². The van der Waals surface area contributed by atoms with Gasteiger partial charge in [-0.05, 0) is 24.4 Å². The van der Waals surface area contributed by atoms with Gasteiger partial charge in [0.25, 0.3) is 0 Å². The average molecular weight is 361 g/mol. The number of unbranched alkanes of at least 4 members (excludes halogenated alkanes) is 13. The minimum Gasteiger partial charge on any atom is -0.354 e. The van der Waals surface area contributed by atoms with E-state index in [1.54, 1.807) is 12.4 Å². The molecule has 0 spiro atoms. The number of nitrogens with one attached hydrogen (secondary N) is 1. The monoisotopic (exact) mass is 360 g/mol. The zero-order valence-electron chi connectivity index (χ0n) is 16.3. The number of aromatic nitrogens is 2. The summed E-state index contributed by atoms with van der Waals surface area (Å²) >= 11 is 0. The van der Waals surface area contributed by atoms with Gasteiger partial charge in [0, 0.05) is 30.4 Å². The van der Waals surface area contributed by atoms with E-state index in [4.69, 9.17) is 5.53 Å². The van der Waals surface area contributed by atoms with Gasteiger partial charge in [-0.3, -0.25) is 0 Å². The molecule has 1 N–H and O–H groups in total. The molecule has 1 heterocycles. The molecular weight excluding hydrogens is 324 g/mol. The number of rotatable bonds is 18. The fourth-order valence-electron chi connectivity index (χ4n) is 3.06. The van der Waals surface area contributed by atoms with Crippen molar-refractivity contribution >= 4 is 5.95 Å². The van der Waals surface area contributed by atoms with Crippen molar-refractivity contribution < 1.29 is 0 Å². The Balaban J connectivity index is 1.70. The van der Waals surface area contributed by atoms with Crippen LogP contribution in [0, 0.1) is 0 Å². The van der Waals surface area contributed by atoms with Crippen molar-refractivity contribution in [3.63, 3.8) is 0 Å². The lowest BCUT2D eigenvalue weighted by molar-refractivity contribution is 0.535. The molecule has 6 heteroatoms. The molecule has 0 saturated carbocycles. The van der Waals surface area contributed by atoms with E-state index in [9.17, 15) is 0 Å². The first-order chi connectivity index (χ1) is 12.9. The molecule has 0 aliphatic carbocycles. The Kier molecular flexibility index (Phi) is 15.4. The van der Waals surface area contributed by atoms with Crippen LogP contribution in [0.25, 0.3) is 10.4 Å². The molecule has 0 unspecified atom stereocenters. The zero-order valence-corrected chi connectivity index (χ0v) is 16.3. The SMILES string of the molecule is [N-]=[N+]=NCCCCCCCCCCCCCCCCNc1ncccn1. The van der Waals surface area contributed by atoms with Crippen molar-refractivity contribution in [2.24, 2.45) is 5.11 Å². The second kappa shape index (κ2) is 18.0. The maximum atomic E-state index is 8.18. The van der Waals surface area contributed by atoms with E-state index in [0.29, 0.717) is 6.54 Å². The molecule has 0 aliphatic heterocycles. The van der Waals surface area contributed by atoms with Crippen molar-refractivity contribution in [2.75, 3.05) is 18.4 Å². The minimum absolute atomic E-state index is 0.661. The molecule has 0 aromatic carbocycles. The fraction of sp³-hybridized carbons (Fsp3) is 0.800. The van der Waals surface area contributed by atoms with E-state index in [1.807, 2.05) is 6.07 Å². The normalized spacial score (nSPS) is 10.5. The highest BCUT2D eigenvalue weighted by Crippen LogP contribution is 2.13. The number of azide groups is 1. The lowest BCUT2D eigenvalue weighted by Crippen LogP contribution is -2.04. The number of hydrogen-bond acceptors (Lipinski definition) is 4. The van der Waals surface area contributed by atoms with Gasteiger partial charge in [0.1, 0.15) is 0 Å². The van der Waals surface area contributed by atoms with Crippen LogP contribution in [0.4, 0.5) is 5.95 Å². The summed E-state index contributed by atoms with van der Waals surface area (Å²) in [7, 11) is 0. The Bertz CT molecular complexity index is 459. The third-order valence-electron chi connectivity index (χ3n) is 4.60. The van der Waals surface area contributed by atoms with E-state index in [0.717, 1.165) is 18.9 Å². The van der Waals surface area contributed by atoms with Gasteiger partial charge in [0.05, 0.1) is 0 Å². The highest BCUT2D eigenvalue weighted by molar-refractivity contribution is 5.21. The Morgan fingerprint density at radius 2 is 1.19 bits per heavy atom. The predicted molar refractivity (Wildman–Crippen MR) is 109 cm³/mol. The Morgan fingerprint density at radius 1 is 0.731 bits per heavy atom. The Morgan fingerprint density at radius 3 is 1.69 bits per heavy atom. The first-order valence-electron chi connectivity index (χ1n) is 10.5. The average Bonchev–Trinajstić information content (AvgIpc) is 2.68. The summed E-state index contributed by atoms with van der Waals surface area (Å²) in [6.07, 6.45) is 21.9. The molecule has 0 radical (unpaired) electrons. The largest absolute Gasteiger partial charge is 0.354 e.